The number of likely N-dealkylation sites (N-methyl/N-ethyl adjacent to an activating group) is 1. The van der Waals surface area contributed by atoms with Gasteiger partial charge in [-0.3, -0.25) is 0 Å². The molecule has 0 radical (unpaired) electrons. The Kier molecular flexibility index (Phi) is 6.78. The molecule has 0 aliphatic heterocycles. The molecule has 0 saturated heterocycles. The minimum Gasteiger partial charge on any atom is -0.329 e. The van der Waals surface area contributed by atoms with Gasteiger partial charge in [0.15, 0.2) is 0 Å². The van der Waals surface area contributed by atoms with Gasteiger partial charge in [0.05, 0.1) is 0 Å². The number of nitrogens with zero attached hydrogens (tertiary/aromatic N) is 1. The number of thioether (sulfide) groups is 1. The zero-order valence-electron chi connectivity index (χ0n) is 11.1. The van der Waals surface area contributed by atoms with Gasteiger partial charge in [-0.2, -0.15) is 11.8 Å². The van der Waals surface area contributed by atoms with Gasteiger partial charge < -0.3 is 10.6 Å². The fraction of sp³-hybridized carbons (Fsp3) is 1.00. The first-order chi connectivity index (χ1) is 7.69. The van der Waals surface area contributed by atoms with Crippen molar-refractivity contribution in [1.82, 2.24) is 4.90 Å². The summed E-state index contributed by atoms with van der Waals surface area (Å²) in [5.41, 5.74) is 5.97. The van der Waals surface area contributed by atoms with E-state index < -0.39 is 0 Å². The van der Waals surface area contributed by atoms with Crippen LogP contribution in [-0.2, 0) is 0 Å². The van der Waals surface area contributed by atoms with Crippen LogP contribution in [0.15, 0.2) is 0 Å². The molecule has 16 heavy (non-hydrogen) atoms. The first-order valence-electron chi connectivity index (χ1n) is 6.58. The van der Waals surface area contributed by atoms with Crippen LogP contribution >= 0.6 is 11.8 Å². The van der Waals surface area contributed by atoms with Crippen molar-refractivity contribution in [3.8, 4) is 0 Å². The summed E-state index contributed by atoms with van der Waals surface area (Å²) in [6, 6.07) is 0.606. The van der Waals surface area contributed by atoms with Gasteiger partial charge in [0.2, 0.25) is 0 Å². The zero-order chi connectivity index (χ0) is 12.0. The monoisotopic (exact) mass is 244 g/mol. The highest BCUT2D eigenvalue weighted by molar-refractivity contribution is 7.98. The molecule has 0 heterocycles. The number of rotatable bonds is 6. The molecule has 0 bridgehead atoms. The van der Waals surface area contributed by atoms with Gasteiger partial charge in [0.1, 0.15) is 0 Å². The molecule has 1 fully saturated rings. The Morgan fingerprint density at radius 1 is 1.44 bits per heavy atom. The second kappa shape index (κ2) is 7.57. The fourth-order valence-corrected chi connectivity index (χ4v) is 3.43. The standard InChI is InChI=1S/C13H28N2S/c1-11-5-4-6-12(9-11)13(10-14)15(2)7-8-16-3/h11-13H,4-10,14H2,1-3H3. The molecule has 3 heteroatoms. The predicted molar refractivity (Wildman–Crippen MR) is 75.0 cm³/mol. The SMILES string of the molecule is CSCCN(C)C(CN)C1CCCC(C)C1. The summed E-state index contributed by atoms with van der Waals surface area (Å²) in [6.45, 7) is 4.39. The van der Waals surface area contributed by atoms with Gasteiger partial charge >= 0.3 is 0 Å². The van der Waals surface area contributed by atoms with Gasteiger partial charge in [0, 0.05) is 24.9 Å². The van der Waals surface area contributed by atoms with Gasteiger partial charge in [-0.15, -0.1) is 0 Å². The van der Waals surface area contributed by atoms with Crippen LogP contribution in [0.4, 0.5) is 0 Å². The van der Waals surface area contributed by atoms with Crippen LogP contribution in [-0.4, -0.2) is 43.1 Å². The topological polar surface area (TPSA) is 29.3 Å². The molecule has 3 unspecified atom stereocenters. The highest BCUT2D eigenvalue weighted by Crippen LogP contribution is 2.32. The molecule has 2 N–H and O–H groups in total. The Labute approximate surface area is 105 Å². The molecule has 1 aliphatic rings. The largest absolute Gasteiger partial charge is 0.329 e. The van der Waals surface area contributed by atoms with Crippen molar-refractivity contribution < 1.29 is 0 Å². The Hall–Kier alpha value is 0.270. The second-order valence-electron chi connectivity index (χ2n) is 5.31. The van der Waals surface area contributed by atoms with Crippen molar-refractivity contribution in [1.29, 1.82) is 0 Å². The van der Waals surface area contributed by atoms with Crippen LogP contribution in [0.1, 0.15) is 32.6 Å². The maximum absolute atomic E-state index is 5.97. The maximum atomic E-state index is 5.97. The number of hydrogen-bond donors (Lipinski definition) is 1. The van der Waals surface area contributed by atoms with E-state index in [2.05, 4.69) is 25.1 Å². The minimum atomic E-state index is 0.606. The van der Waals surface area contributed by atoms with Crippen LogP contribution < -0.4 is 5.73 Å². The molecule has 0 aromatic carbocycles. The van der Waals surface area contributed by atoms with Crippen LogP contribution in [0.2, 0.25) is 0 Å². The molecule has 2 nitrogen and oxygen atoms in total. The summed E-state index contributed by atoms with van der Waals surface area (Å²) in [5.74, 6) is 2.96. The van der Waals surface area contributed by atoms with Crippen LogP contribution in [0.3, 0.4) is 0 Å². The molecule has 96 valence electrons. The third-order valence-electron chi connectivity index (χ3n) is 3.98. The zero-order valence-corrected chi connectivity index (χ0v) is 11.9. The number of nitrogens with two attached hydrogens (primary N) is 1. The summed E-state index contributed by atoms with van der Waals surface area (Å²) >= 11 is 1.92. The van der Waals surface area contributed by atoms with Crippen molar-refractivity contribution in [3.63, 3.8) is 0 Å². The van der Waals surface area contributed by atoms with E-state index in [4.69, 9.17) is 5.73 Å². The van der Waals surface area contributed by atoms with E-state index in [1.54, 1.807) is 0 Å². The smallest absolute Gasteiger partial charge is 0.0244 e. The first kappa shape index (κ1) is 14.3. The average molecular weight is 244 g/mol. The van der Waals surface area contributed by atoms with Crippen molar-refractivity contribution in [2.45, 2.75) is 38.6 Å². The molecular weight excluding hydrogens is 216 g/mol. The predicted octanol–water partition coefficient (Wildman–Crippen LogP) is 2.43. The number of hydrogen-bond acceptors (Lipinski definition) is 3. The van der Waals surface area contributed by atoms with Crippen LogP contribution in [0.25, 0.3) is 0 Å². The Bertz CT molecular complexity index is 187. The van der Waals surface area contributed by atoms with Crippen LogP contribution in [0, 0.1) is 11.8 Å². The molecule has 0 spiro atoms. The van der Waals surface area contributed by atoms with Crippen molar-refractivity contribution >= 4 is 11.8 Å². The highest BCUT2D eigenvalue weighted by Gasteiger charge is 2.28. The summed E-state index contributed by atoms with van der Waals surface area (Å²) in [6.07, 6.45) is 7.76. The Morgan fingerprint density at radius 3 is 2.75 bits per heavy atom. The van der Waals surface area contributed by atoms with E-state index in [1.165, 1.54) is 38.0 Å². The lowest BCUT2D eigenvalue weighted by atomic mass is 9.78. The van der Waals surface area contributed by atoms with Gasteiger partial charge in [-0.1, -0.05) is 19.8 Å². The lowest BCUT2D eigenvalue weighted by Crippen LogP contribution is -2.45. The third-order valence-corrected chi connectivity index (χ3v) is 4.57. The van der Waals surface area contributed by atoms with E-state index in [1.807, 2.05) is 11.8 Å². The second-order valence-corrected chi connectivity index (χ2v) is 6.29. The third kappa shape index (κ3) is 4.27. The Morgan fingerprint density at radius 2 is 2.19 bits per heavy atom. The highest BCUT2D eigenvalue weighted by atomic mass is 32.2. The molecule has 0 aromatic rings. The fourth-order valence-electron chi connectivity index (χ4n) is 2.96. The average Bonchev–Trinajstić information content (AvgIpc) is 2.27. The summed E-state index contributed by atoms with van der Waals surface area (Å²) in [4.78, 5) is 2.49. The molecule has 0 aromatic heterocycles. The van der Waals surface area contributed by atoms with Gasteiger partial charge in [-0.25, -0.2) is 0 Å². The lowest BCUT2D eigenvalue weighted by molar-refractivity contribution is 0.136. The Balaban J connectivity index is 2.44. The summed E-state index contributed by atoms with van der Waals surface area (Å²) in [7, 11) is 2.24. The normalized spacial score (nSPS) is 28.3. The molecule has 3 atom stereocenters. The van der Waals surface area contributed by atoms with E-state index in [-0.39, 0.29) is 0 Å². The molecule has 1 aliphatic carbocycles. The molecule has 1 saturated carbocycles. The van der Waals surface area contributed by atoms with Crippen molar-refractivity contribution in [3.05, 3.63) is 0 Å². The van der Waals surface area contributed by atoms with E-state index in [0.29, 0.717) is 6.04 Å². The van der Waals surface area contributed by atoms with Gasteiger partial charge in [0.25, 0.3) is 0 Å². The van der Waals surface area contributed by atoms with Crippen LogP contribution in [0.5, 0.6) is 0 Å². The molecule has 0 amide bonds. The molecule has 1 rings (SSSR count). The van der Waals surface area contributed by atoms with E-state index in [0.717, 1.165) is 18.4 Å². The van der Waals surface area contributed by atoms with Crippen molar-refractivity contribution in [2.24, 2.45) is 17.6 Å². The van der Waals surface area contributed by atoms with Crippen molar-refractivity contribution in [2.75, 3.05) is 32.1 Å². The summed E-state index contributed by atoms with van der Waals surface area (Å²) < 4.78 is 0. The molecular formula is C13H28N2S. The summed E-state index contributed by atoms with van der Waals surface area (Å²) in [5, 5.41) is 0. The van der Waals surface area contributed by atoms with E-state index in [9.17, 15) is 0 Å². The lowest BCUT2D eigenvalue weighted by Gasteiger charge is -2.38. The minimum absolute atomic E-state index is 0.606. The maximum Gasteiger partial charge on any atom is 0.0244 e. The van der Waals surface area contributed by atoms with Gasteiger partial charge in [-0.05, 0) is 38.0 Å². The quantitative estimate of drug-likeness (QED) is 0.778. The van der Waals surface area contributed by atoms with E-state index >= 15 is 0 Å². The first-order valence-corrected chi connectivity index (χ1v) is 7.97.